The maximum absolute atomic E-state index is 18.7. The van der Waals surface area contributed by atoms with E-state index in [4.69, 9.17) is 30.2 Å². The molecule has 0 amide bonds. The van der Waals surface area contributed by atoms with Crippen molar-refractivity contribution in [1.82, 2.24) is 0 Å². The lowest BCUT2D eigenvalue weighted by Crippen LogP contribution is -2.14. The number of para-hydroxylation sites is 2. The molecule has 68 heavy (non-hydrogen) atoms. The molecule has 0 fully saturated rings. The molecule has 12 aromatic rings. The first-order chi connectivity index (χ1) is 46.0. The lowest BCUT2D eigenvalue weighted by Gasteiger charge is -2.31. The highest BCUT2D eigenvalue weighted by molar-refractivity contribution is 6.28. The summed E-state index contributed by atoms with van der Waals surface area (Å²) in [6.07, 6.45) is 0. The van der Waals surface area contributed by atoms with Crippen LogP contribution in [0, 0.1) is 11.6 Å². The third kappa shape index (κ3) is 7.11. The summed E-state index contributed by atoms with van der Waals surface area (Å²) in [7, 11) is 0. The summed E-state index contributed by atoms with van der Waals surface area (Å²) < 4.78 is 303. The first-order valence-electron chi connectivity index (χ1n) is 35.4. The van der Waals surface area contributed by atoms with Crippen LogP contribution in [0.2, 0.25) is 0 Å². The van der Waals surface area contributed by atoms with Crippen molar-refractivity contribution in [2.45, 2.75) is 0 Å². The van der Waals surface area contributed by atoms with Gasteiger partial charge in [0, 0.05) is 33.3 Å². The molecule has 0 heterocycles. The van der Waals surface area contributed by atoms with Gasteiger partial charge < -0.3 is 9.80 Å². The Kier molecular flexibility index (Phi) is 5.03. The Morgan fingerprint density at radius 1 is 0.309 bits per heavy atom. The predicted octanol–water partition coefficient (Wildman–Crippen LogP) is 18.5. The smallest absolute Gasteiger partial charge is 0.148 e. The summed E-state index contributed by atoms with van der Waals surface area (Å²) in [4.78, 5) is 1.67. The van der Waals surface area contributed by atoms with E-state index in [0.717, 1.165) is 21.9 Å². The van der Waals surface area contributed by atoms with Gasteiger partial charge in [-0.05, 0) is 115 Å². The molecule has 0 saturated heterocycles. The van der Waals surface area contributed by atoms with Crippen LogP contribution in [0.15, 0.2) is 254 Å². The van der Waals surface area contributed by atoms with Gasteiger partial charge >= 0.3 is 0 Å². The molecule has 4 heteroatoms. The van der Waals surface area contributed by atoms with Gasteiger partial charge in [-0.2, -0.15) is 0 Å². The molecule has 0 N–H and O–H groups in total. The molecule has 0 spiro atoms. The van der Waals surface area contributed by atoms with Gasteiger partial charge in [0.1, 0.15) is 11.6 Å². The third-order valence-electron chi connectivity index (χ3n) is 11.2. The molecule has 322 valence electrons. The summed E-state index contributed by atoms with van der Waals surface area (Å²) in [5.41, 5.74) is -9.19. The largest absolute Gasteiger partial charge is 0.307 e. The molecular weight excluding hydrogens is 835 g/mol. The Morgan fingerprint density at radius 3 is 0.971 bits per heavy atom. The fourth-order valence-electron chi connectivity index (χ4n) is 8.46. The summed E-state index contributed by atoms with van der Waals surface area (Å²) in [6.45, 7) is 0. The molecule has 0 aliphatic heterocycles. The van der Waals surface area contributed by atoms with E-state index in [2.05, 4.69) is 0 Å². The van der Waals surface area contributed by atoms with Crippen LogP contribution in [0.3, 0.4) is 0 Å². The van der Waals surface area contributed by atoms with Crippen LogP contribution in [0.5, 0.6) is 0 Å². The van der Waals surface area contributed by atoms with E-state index in [0.29, 0.717) is 22.9 Å². The average Bonchev–Trinajstić information content (AvgIpc) is 0.708. The number of hydrogen-bond donors (Lipinski definition) is 0. The number of halogens is 2. The topological polar surface area (TPSA) is 6.48 Å². The van der Waals surface area contributed by atoms with E-state index in [1.165, 1.54) is 48.5 Å². The molecule has 0 aromatic heterocycles. The van der Waals surface area contributed by atoms with Crippen molar-refractivity contribution in [3.8, 4) is 44.5 Å². The van der Waals surface area contributed by atoms with E-state index in [-0.39, 0.29) is 32.9 Å². The second-order valence-electron chi connectivity index (χ2n) is 14.9. The standard InChI is InChI=1S/C64H42F2N2/c65-57-41-49(43-19-7-1-8-20-43)39-55(45-23-11-3-12-24-45)63(57)67(51-27-15-5-16-28-51)59-37-33-47-32-36-54-60(38-34-48-31-35-53(59)61(47)62(48)54)68(52-29-17-6-18-30-52)64-56(46-25-13-4-14-26-46)40-50(42-58(64)66)44-21-9-2-10-22-44/h1-42H/i1D,2D,3D,4D,5D,6D,7D,8D,9D,10D,11D,12D,13D,14D,15D,16D,17D,18D,19D,20D,21D,22D,23D,24D,25D,26D,27D,28D,29D,30D. The van der Waals surface area contributed by atoms with Crippen LogP contribution < -0.4 is 9.80 Å². The van der Waals surface area contributed by atoms with Crippen LogP contribution in [0.4, 0.5) is 42.9 Å². The molecule has 0 radical (unpaired) electrons. The molecule has 0 saturated carbocycles. The van der Waals surface area contributed by atoms with Gasteiger partial charge in [0.15, 0.2) is 0 Å². The Morgan fingerprint density at radius 2 is 0.618 bits per heavy atom. The van der Waals surface area contributed by atoms with Gasteiger partial charge in [0.05, 0.1) is 63.9 Å². The Hall–Kier alpha value is -8.86. The molecule has 0 unspecified atom stereocenters. The molecule has 12 rings (SSSR count). The summed E-state index contributed by atoms with van der Waals surface area (Å²) in [5, 5.41) is 0.808. The van der Waals surface area contributed by atoms with E-state index in [1.807, 2.05) is 0 Å². The Bertz CT molecular complexity index is 5070. The molecule has 0 aliphatic carbocycles. The maximum Gasteiger partial charge on any atom is 0.148 e. The lowest BCUT2D eigenvalue weighted by atomic mass is 9.90. The van der Waals surface area contributed by atoms with Gasteiger partial charge in [-0.15, -0.1) is 0 Å². The Labute approximate surface area is 436 Å². The Balaban J connectivity index is 1.25. The first-order valence-corrected chi connectivity index (χ1v) is 20.4. The third-order valence-corrected chi connectivity index (χ3v) is 11.2. The highest BCUT2D eigenvalue weighted by Crippen LogP contribution is 2.51. The van der Waals surface area contributed by atoms with E-state index in [9.17, 15) is 11.0 Å². The fourth-order valence-corrected chi connectivity index (χ4v) is 8.46. The first kappa shape index (κ1) is 19.9. The molecule has 2 nitrogen and oxygen atoms in total. The van der Waals surface area contributed by atoms with Crippen LogP contribution in [-0.4, -0.2) is 0 Å². The lowest BCUT2D eigenvalue weighted by molar-refractivity contribution is 0.629. The van der Waals surface area contributed by atoms with Crippen molar-refractivity contribution >= 4 is 66.4 Å². The minimum absolute atomic E-state index is 0.0194. The van der Waals surface area contributed by atoms with Crippen molar-refractivity contribution in [2.24, 2.45) is 0 Å². The van der Waals surface area contributed by atoms with Gasteiger partial charge in [0.2, 0.25) is 0 Å². The fraction of sp³-hybridized carbons (Fsp3) is 0. The quantitative estimate of drug-likeness (QED) is 0.126. The summed E-state index contributed by atoms with van der Waals surface area (Å²) >= 11 is 0. The zero-order chi connectivity index (χ0) is 71.7. The zero-order valence-corrected chi connectivity index (χ0v) is 34.6. The van der Waals surface area contributed by atoms with E-state index in [1.54, 1.807) is 0 Å². The predicted molar refractivity (Wildman–Crippen MR) is 281 cm³/mol. The van der Waals surface area contributed by atoms with Crippen molar-refractivity contribution in [3.63, 3.8) is 0 Å². The van der Waals surface area contributed by atoms with Crippen molar-refractivity contribution in [1.29, 1.82) is 0 Å². The molecule has 12 aromatic carbocycles. The molecule has 0 bridgehead atoms. The molecular formula is C64H42F2N2. The van der Waals surface area contributed by atoms with Crippen LogP contribution in [0.25, 0.3) is 76.8 Å². The van der Waals surface area contributed by atoms with Crippen molar-refractivity contribution < 1.29 is 49.9 Å². The molecule has 0 aliphatic rings. The number of anilines is 6. The van der Waals surface area contributed by atoms with Gasteiger partial charge in [-0.25, -0.2) is 8.78 Å². The van der Waals surface area contributed by atoms with Gasteiger partial charge in [0.25, 0.3) is 0 Å². The SMILES string of the molecule is [2H]c1c([2H])c([2H])c(-c2cc(F)c(N(c3c([2H])c([2H])c([2H])c([2H])c3[2H])c3ccc4ccc5c(N(c6c(F)cc(-c7c([2H])c([2H])c([2H])c([2H])c7[2H])cc6-c6c([2H])c([2H])c([2H])c([2H])c6[2H])c6c([2H])c([2H])c([2H])c([2H])c6[2H])ccc6ccc3c4c65)c(-c3c([2H])c([2H])c([2H])c([2H])c3[2H])c2)c([2H])c1[2H]. The number of hydrogen-bond acceptors (Lipinski definition) is 2. The van der Waals surface area contributed by atoms with Crippen LogP contribution in [-0.2, 0) is 0 Å². The van der Waals surface area contributed by atoms with E-state index < -0.39 is 260 Å². The number of benzene rings is 12. The second-order valence-corrected chi connectivity index (χ2v) is 14.9. The minimum Gasteiger partial charge on any atom is -0.307 e. The number of rotatable bonds is 10. The summed E-state index contributed by atoms with van der Waals surface area (Å²) in [6, 6.07) is -13.1. The second kappa shape index (κ2) is 17.2. The normalized spacial score (nSPS) is 17.6. The van der Waals surface area contributed by atoms with Crippen molar-refractivity contribution in [3.05, 3.63) is 266 Å². The van der Waals surface area contributed by atoms with Crippen LogP contribution in [0.1, 0.15) is 41.1 Å². The van der Waals surface area contributed by atoms with Crippen LogP contribution >= 0.6 is 0 Å². The minimum atomic E-state index is -1.49. The summed E-state index contributed by atoms with van der Waals surface area (Å²) in [5.74, 6) is -2.97. The number of nitrogens with zero attached hydrogens (tertiary/aromatic N) is 2. The highest BCUT2D eigenvalue weighted by atomic mass is 19.1. The molecule has 0 atom stereocenters. The van der Waals surface area contributed by atoms with Gasteiger partial charge in [-0.1, -0.05) is 194 Å². The zero-order valence-electron chi connectivity index (χ0n) is 64.6. The maximum atomic E-state index is 18.7. The van der Waals surface area contributed by atoms with Crippen molar-refractivity contribution in [2.75, 3.05) is 9.80 Å². The van der Waals surface area contributed by atoms with E-state index >= 15 is 8.78 Å². The van der Waals surface area contributed by atoms with Gasteiger partial charge in [-0.3, -0.25) is 0 Å². The monoisotopic (exact) mass is 907 g/mol. The average molecular weight is 907 g/mol. The highest BCUT2D eigenvalue weighted by Gasteiger charge is 2.28.